The topological polar surface area (TPSA) is 81.2 Å². The van der Waals surface area contributed by atoms with Crippen LogP contribution in [0, 0.1) is 6.92 Å². The van der Waals surface area contributed by atoms with Crippen LogP contribution in [-0.4, -0.2) is 24.2 Å². The van der Waals surface area contributed by atoms with Crippen molar-refractivity contribution in [1.29, 1.82) is 0 Å². The summed E-state index contributed by atoms with van der Waals surface area (Å²) in [5, 5.41) is 6.25. The first-order valence-electron chi connectivity index (χ1n) is 4.15. The van der Waals surface area contributed by atoms with Crippen molar-refractivity contribution in [1.82, 2.24) is 10.5 Å². The molecule has 0 unspecified atom stereocenters. The average molecular weight is 183 g/mol. The molecule has 1 aromatic rings. The Kier molecular flexibility index (Phi) is 3.45. The van der Waals surface area contributed by atoms with E-state index in [2.05, 4.69) is 10.5 Å². The van der Waals surface area contributed by atoms with Gasteiger partial charge < -0.3 is 15.6 Å². The SMILES string of the molecule is Cc1cc(C(=O)NCCCN)no1. The van der Waals surface area contributed by atoms with Gasteiger partial charge in [-0.3, -0.25) is 4.79 Å². The lowest BCUT2D eigenvalue weighted by atomic mass is 10.3. The second-order valence-electron chi connectivity index (χ2n) is 2.72. The number of aryl methyl sites for hydroxylation is 1. The molecule has 0 fully saturated rings. The molecule has 0 aliphatic carbocycles. The maximum atomic E-state index is 11.3. The Morgan fingerprint density at radius 2 is 2.54 bits per heavy atom. The van der Waals surface area contributed by atoms with E-state index in [-0.39, 0.29) is 5.91 Å². The Morgan fingerprint density at radius 1 is 1.77 bits per heavy atom. The third-order valence-corrected chi connectivity index (χ3v) is 1.53. The Hall–Kier alpha value is -1.36. The molecule has 1 heterocycles. The number of hydrogen-bond acceptors (Lipinski definition) is 4. The van der Waals surface area contributed by atoms with Crippen molar-refractivity contribution in [2.45, 2.75) is 13.3 Å². The van der Waals surface area contributed by atoms with Crippen molar-refractivity contribution in [3.63, 3.8) is 0 Å². The van der Waals surface area contributed by atoms with E-state index in [1.165, 1.54) is 0 Å². The Bertz CT molecular complexity index is 283. The first-order valence-corrected chi connectivity index (χ1v) is 4.15. The number of carbonyl (C=O) groups excluding carboxylic acids is 1. The van der Waals surface area contributed by atoms with Gasteiger partial charge in [0.1, 0.15) is 5.76 Å². The standard InChI is InChI=1S/C8H13N3O2/c1-6-5-7(11-13-6)8(12)10-4-2-3-9/h5H,2-4,9H2,1H3,(H,10,12). The van der Waals surface area contributed by atoms with Gasteiger partial charge in [-0.1, -0.05) is 5.16 Å². The summed E-state index contributed by atoms with van der Waals surface area (Å²) >= 11 is 0. The first kappa shape index (κ1) is 9.73. The van der Waals surface area contributed by atoms with Crippen LogP contribution in [0.1, 0.15) is 22.7 Å². The highest BCUT2D eigenvalue weighted by atomic mass is 16.5. The average Bonchev–Trinajstić information content (AvgIpc) is 2.52. The molecule has 0 atom stereocenters. The van der Waals surface area contributed by atoms with Crippen LogP contribution in [0.5, 0.6) is 0 Å². The number of carbonyl (C=O) groups is 1. The maximum absolute atomic E-state index is 11.3. The Morgan fingerprint density at radius 3 is 3.08 bits per heavy atom. The predicted octanol–water partition coefficient (Wildman–Crippen LogP) is 0.0616. The van der Waals surface area contributed by atoms with Crippen molar-refractivity contribution in [3.8, 4) is 0 Å². The minimum absolute atomic E-state index is 0.217. The molecule has 0 aromatic carbocycles. The molecule has 1 amide bonds. The van der Waals surface area contributed by atoms with E-state index in [9.17, 15) is 4.79 Å². The van der Waals surface area contributed by atoms with Crippen LogP contribution in [-0.2, 0) is 0 Å². The third kappa shape index (κ3) is 2.87. The molecule has 0 radical (unpaired) electrons. The fraction of sp³-hybridized carbons (Fsp3) is 0.500. The molecule has 5 heteroatoms. The molecule has 0 saturated carbocycles. The van der Waals surface area contributed by atoms with Crippen LogP contribution in [0.3, 0.4) is 0 Å². The van der Waals surface area contributed by atoms with Gasteiger partial charge in [-0.2, -0.15) is 0 Å². The van der Waals surface area contributed by atoms with Crippen LogP contribution in [0.25, 0.3) is 0 Å². The smallest absolute Gasteiger partial charge is 0.273 e. The zero-order valence-electron chi connectivity index (χ0n) is 7.54. The molecular formula is C8H13N3O2. The monoisotopic (exact) mass is 183 g/mol. The van der Waals surface area contributed by atoms with E-state index in [4.69, 9.17) is 10.3 Å². The highest BCUT2D eigenvalue weighted by Crippen LogP contribution is 2.00. The number of hydrogen-bond donors (Lipinski definition) is 2. The van der Waals surface area contributed by atoms with Crippen LogP contribution in [0.2, 0.25) is 0 Å². The van der Waals surface area contributed by atoms with Crippen molar-refractivity contribution in [2.24, 2.45) is 5.73 Å². The zero-order chi connectivity index (χ0) is 9.68. The molecule has 0 aliphatic rings. The largest absolute Gasteiger partial charge is 0.361 e. The lowest BCUT2D eigenvalue weighted by Crippen LogP contribution is -2.26. The summed E-state index contributed by atoms with van der Waals surface area (Å²) in [5.74, 6) is 0.411. The second-order valence-corrected chi connectivity index (χ2v) is 2.72. The highest BCUT2D eigenvalue weighted by Gasteiger charge is 2.08. The summed E-state index contributed by atoms with van der Waals surface area (Å²) in [7, 11) is 0. The van der Waals surface area contributed by atoms with E-state index < -0.39 is 0 Å². The number of amides is 1. The minimum Gasteiger partial charge on any atom is -0.361 e. The van der Waals surface area contributed by atoms with Gasteiger partial charge in [0.25, 0.3) is 5.91 Å². The summed E-state index contributed by atoms with van der Waals surface area (Å²) in [5.41, 5.74) is 5.59. The van der Waals surface area contributed by atoms with E-state index in [0.717, 1.165) is 6.42 Å². The van der Waals surface area contributed by atoms with Gasteiger partial charge in [-0.15, -0.1) is 0 Å². The molecule has 0 bridgehead atoms. The van der Waals surface area contributed by atoms with Crippen LogP contribution < -0.4 is 11.1 Å². The van der Waals surface area contributed by atoms with Crippen LogP contribution in [0.4, 0.5) is 0 Å². The van der Waals surface area contributed by atoms with Gasteiger partial charge in [-0.05, 0) is 19.9 Å². The Balaban J connectivity index is 2.40. The van der Waals surface area contributed by atoms with Gasteiger partial charge in [0.2, 0.25) is 0 Å². The van der Waals surface area contributed by atoms with Crippen molar-refractivity contribution in [2.75, 3.05) is 13.1 Å². The lowest BCUT2D eigenvalue weighted by Gasteiger charge is -1.99. The molecule has 3 N–H and O–H groups in total. The molecule has 1 aromatic heterocycles. The molecule has 5 nitrogen and oxygen atoms in total. The van der Waals surface area contributed by atoms with Gasteiger partial charge in [-0.25, -0.2) is 0 Å². The molecule has 72 valence electrons. The number of nitrogens with one attached hydrogen (secondary N) is 1. The van der Waals surface area contributed by atoms with Gasteiger partial charge in [0.15, 0.2) is 5.69 Å². The summed E-state index contributed by atoms with van der Waals surface area (Å²) in [6, 6.07) is 1.60. The Labute approximate surface area is 76.3 Å². The van der Waals surface area contributed by atoms with Gasteiger partial charge >= 0.3 is 0 Å². The van der Waals surface area contributed by atoms with Crippen molar-refractivity contribution in [3.05, 3.63) is 17.5 Å². The second kappa shape index (κ2) is 4.61. The molecule has 0 spiro atoms. The van der Waals surface area contributed by atoms with E-state index >= 15 is 0 Å². The van der Waals surface area contributed by atoms with E-state index in [1.54, 1.807) is 13.0 Å². The maximum Gasteiger partial charge on any atom is 0.273 e. The number of nitrogens with two attached hydrogens (primary N) is 1. The van der Waals surface area contributed by atoms with Gasteiger partial charge in [0.05, 0.1) is 0 Å². The molecule has 1 rings (SSSR count). The molecular weight excluding hydrogens is 170 g/mol. The zero-order valence-corrected chi connectivity index (χ0v) is 7.54. The summed E-state index contributed by atoms with van der Waals surface area (Å²) < 4.78 is 4.76. The van der Waals surface area contributed by atoms with Crippen molar-refractivity contribution >= 4 is 5.91 Å². The number of nitrogens with zero attached hydrogens (tertiary/aromatic N) is 1. The highest BCUT2D eigenvalue weighted by molar-refractivity contribution is 5.92. The van der Waals surface area contributed by atoms with Crippen molar-refractivity contribution < 1.29 is 9.32 Å². The minimum atomic E-state index is -0.217. The molecule has 13 heavy (non-hydrogen) atoms. The fourth-order valence-electron chi connectivity index (χ4n) is 0.868. The summed E-state index contributed by atoms with van der Waals surface area (Å²) in [4.78, 5) is 11.3. The quantitative estimate of drug-likeness (QED) is 0.647. The van der Waals surface area contributed by atoms with E-state index in [0.29, 0.717) is 24.5 Å². The summed E-state index contributed by atoms with van der Waals surface area (Å²) in [6.07, 6.45) is 0.766. The predicted molar refractivity (Wildman–Crippen MR) is 47.2 cm³/mol. The van der Waals surface area contributed by atoms with Crippen LogP contribution >= 0.6 is 0 Å². The molecule has 0 aliphatic heterocycles. The fourth-order valence-corrected chi connectivity index (χ4v) is 0.868. The van der Waals surface area contributed by atoms with Gasteiger partial charge in [0, 0.05) is 12.6 Å². The van der Waals surface area contributed by atoms with Crippen LogP contribution in [0.15, 0.2) is 10.6 Å². The van der Waals surface area contributed by atoms with E-state index in [1.807, 2.05) is 0 Å². The third-order valence-electron chi connectivity index (χ3n) is 1.53. The number of aromatic nitrogens is 1. The first-order chi connectivity index (χ1) is 6.24. The normalized spacial score (nSPS) is 10.0. The number of rotatable bonds is 4. The lowest BCUT2D eigenvalue weighted by molar-refractivity contribution is 0.0944. The molecule has 0 saturated heterocycles. The summed E-state index contributed by atoms with van der Waals surface area (Å²) in [6.45, 7) is 2.88.